The topological polar surface area (TPSA) is 101 Å². The number of hydrogen-bond donors (Lipinski definition) is 2. The van der Waals surface area contributed by atoms with Gasteiger partial charge in [0.1, 0.15) is 0 Å². The number of amides is 2. The van der Waals surface area contributed by atoms with Crippen molar-refractivity contribution in [2.24, 2.45) is 5.73 Å². The number of hydrogen-bond acceptors (Lipinski definition) is 5. The number of rotatable bonds is 5. The van der Waals surface area contributed by atoms with E-state index >= 15 is 0 Å². The molecular weight excluding hydrogens is 354 g/mol. The minimum absolute atomic E-state index is 0.0245. The van der Waals surface area contributed by atoms with Crippen LogP contribution in [0.25, 0.3) is 0 Å². The Morgan fingerprint density at radius 1 is 1.12 bits per heavy atom. The fourth-order valence-electron chi connectivity index (χ4n) is 3.02. The maximum atomic E-state index is 12.4. The van der Waals surface area contributed by atoms with Crippen LogP contribution in [0.2, 0.25) is 5.02 Å². The minimum atomic E-state index is -0.763. The van der Waals surface area contributed by atoms with E-state index in [-0.39, 0.29) is 17.4 Å². The van der Waals surface area contributed by atoms with Gasteiger partial charge in [-0.1, -0.05) is 23.7 Å². The molecule has 1 aromatic carbocycles. The molecular formula is C18H20ClN5O2. The van der Waals surface area contributed by atoms with Crippen molar-refractivity contribution in [2.75, 3.05) is 13.1 Å². The smallest absolute Gasteiger partial charge is 0.272 e. The second-order valence-electron chi connectivity index (χ2n) is 6.27. The van der Waals surface area contributed by atoms with Gasteiger partial charge in [-0.05, 0) is 30.5 Å². The second kappa shape index (κ2) is 8.25. The number of primary amides is 1. The minimum Gasteiger partial charge on any atom is -0.364 e. The Morgan fingerprint density at radius 2 is 1.73 bits per heavy atom. The van der Waals surface area contributed by atoms with Gasteiger partial charge in [0, 0.05) is 43.1 Å². The van der Waals surface area contributed by atoms with Gasteiger partial charge in [0.15, 0.2) is 11.4 Å². The molecule has 0 atom stereocenters. The van der Waals surface area contributed by atoms with E-state index in [1.165, 1.54) is 18.0 Å². The first-order chi connectivity index (χ1) is 12.5. The summed E-state index contributed by atoms with van der Waals surface area (Å²) in [5.74, 6) is -1.18. The van der Waals surface area contributed by atoms with Gasteiger partial charge in [-0.15, -0.1) is 0 Å². The van der Waals surface area contributed by atoms with Crippen molar-refractivity contribution >= 4 is 23.4 Å². The molecule has 8 heteroatoms. The number of carbonyl (C=O) groups is 2. The van der Waals surface area contributed by atoms with Crippen LogP contribution in [0, 0.1) is 0 Å². The molecule has 0 saturated carbocycles. The number of aromatic nitrogens is 2. The molecule has 1 aliphatic rings. The highest BCUT2D eigenvalue weighted by Crippen LogP contribution is 2.16. The average molecular weight is 374 g/mol. The van der Waals surface area contributed by atoms with Gasteiger partial charge in [0.2, 0.25) is 0 Å². The molecule has 0 bridgehead atoms. The maximum absolute atomic E-state index is 12.4. The van der Waals surface area contributed by atoms with E-state index in [4.69, 9.17) is 17.3 Å². The molecule has 0 spiro atoms. The fourth-order valence-corrected chi connectivity index (χ4v) is 3.15. The van der Waals surface area contributed by atoms with Crippen LogP contribution < -0.4 is 11.1 Å². The highest BCUT2D eigenvalue weighted by molar-refractivity contribution is 6.30. The van der Waals surface area contributed by atoms with Crippen LogP contribution in [0.1, 0.15) is 39.4 Å². The molecule has 7 nitrogen and oxygen atoms in total. The summed E-state index contributed by atoms with van der Waals surface area (Å²) < 4.78 is 0. The van der Waals surface area contributed by atoms with Gasteiger partial charge in [0.25, 0.3) is 11.8 Å². The quantitative estimate of drug-likeness (QED) is 0.829. The van der Waals surface area contributed by atoms with Crippen LogP contribution in [0.5, 0.6) is 0 Å². The summed E-state index contributed by atoms with van der Waals surface area (Å²) in [6.45, 7) is 2.60. The van der Waals surface area contributed by atoms with Crippen LogP contribution in [-0.2, 0) is 6.54 Å². The molecule has 3 rings (SSSR count). The van der Waals surface area contributed by atoms with E-state index in [0.717, 1.165) is 37.5 Å². The van der Waals surface area contributed by atoms with Crippen molar-refractivity contribution in [3.8, 4) is 0 Å². The average Bonchev–Trinajstić information content (AvgIpc) is 2.65. The standard InChI is InChI=1S/C18H20ClN5O2/c19-13-3-1-12(2-4-13)11-24-9-5-14(6-10-24)23-18(26)16-15(17(20)25)21-7-8-22-16/h1-4,7-8,14H,5-6,9-11H2,(H2,20,25)(H,23,26). The van der Waals surface area contributed by atoms with E-state index in [9.17, 15) is 9.59 Å². The van der Waals surface area contributed by atoms with Crippen molar-refractivity contribution in [1.29, 1.82) is 0 Å². The molecule has 2 heterocycles. The first kappa shape index (κ1) is 18.3. The van der Waals surface area contributed by atoms with Crippen molar-refractivity contribution in [3.05, 3.63) is 58.6 Å². The molecule has 2 aromatic rings. The maximum Gasteiger partial charge on any atom is 0.272 e. The molecule has 26 heavy (non-hydrogen) atoms. The third-order valence-corrected chi connectivity index (χ3v) is 4.64. The van der Waals surface area contributed by atoms with E-state index in [2.05, 4.69) is 20.2 Å². The molecule has 1 fully saturated rings. The molecule has 136 valence electrons. The lowest BCUT2D eigenvalue weighted by atomic mass is 10.0. The Morgan fingerprint density at radius 3 is 2.35 bits per heavy atom. The Kier molecular flexibility index (Phi) is 5.80. The summed E-state index contributed by atoms with van der Waals surface area (Å²) in [6.07, 6.45) is 4.36. The lowest BCUT2D eigenvalue weighted by molar-refractivity contribution is 0.0890. The molecule has 2 amide bonds. The largest absolute Gasteiger partial charge is 0.364 e. The van der Waals surface area contributed by atoms with E-state index in [0.29, 0.717) is 0 Å². The fraction of sp³-hybridized carbons (Fsp3) is 0.333. The summed E-state index contributed by atoms with van der Waals surface area (Å²) in [7, 11) is 0. The van der Waals surface area contributed by atoms with Gasteiger partial charge in [-0.25, -0.2) is 9.97 Å². The predicted molar refractivity (Wildman–Crippen MR) is 97.8 cm³/mol. The zero-order valence-electron chi connectivity index (χ0n) is 14.2. The Labute approximate surface area is 156 Å². The number of likely N-dealkylation sites (tertiary alicyclic amines) is 1. The Bertz CT molecular complexity index is 788. The molecule has 0 unspecified atom stereocenters. The van der Waals surface area contributed by atoms with Gasteiger partial charge in [-0.2, -0.15) is 0 Å². The van der Waals surface area contributed by atoms with Crippen molar-refractivity contribution in [1.82, 2.24) is 20.2 Å². The van der Waals surface area contributed by atoms with Crippen LogP contribution in [0.3, 0.4) is 0 Å². The van der Waals surface area contributed by atoms with Crippen molar-refractivity contribution in [2.45, 2.75) is 25.4 Å². The lowest BCUT2D eigenvalue weighted by Gasteiger charge is -2.32. The molecule has 1 aliphatic heterocycles. The van der Waals surface area contributed by atoms with Crippen LogP contribution >= 0.6 is 11.6 Å². The van der Waals surface area contributed by atoms with Gasteiger partial charge in [0.05, 0.1) is 0 Å². The third kappa shape index (κ3) is 4.56. The monoisotopic (exact) mass is 373 g/mol. The SMILES string of the molecule is NC(=O)c1nccnc1C(=O)NC1CCN(Cc2ccc(Cl)cc2)CC1. The molecule has 1 aromatic heterocycles. The summed E-state index contributed by atoms with van der Waals surface area (Å²) >= 11 is 5.91. The normalized spacial score (nSPS) is 15.6. The van der Waals surface area contributed by atoms with Gasteiger partial charge < -0.3 is 11.1 Å². The number of piperidine rings is 1. The van der Waals surface area contributed by atoms with Crippen molar-refractivity contribution < 1.29 is 9.59 Å². The number of nitrogens with one attached hydrogen (secondary N) is 1. The van der Waals surface area contributed by atoms with E-state index in [1.54, 1.807) is 0 Å². The summed E-state index contributed by atoms with van der Waals surface area (Å²) in [6, 6.07) is 7.86. The molecule has 3 N–H and O–H groups in total. The Balaban J connectivity index is 1.53. The van der Waals surface area contributed by atoms with Gasteiger partial charge >= 0.3 is 0 Å². The van der Waals surface area contributed by atoms with E-state index in [1.807, 2.05) is 24.3 Å². The summed E-state index contributed by atoms with van der Waals surface area (Å²) in [5.41, 5.74) is 6.33. The third-order valence-electron chi connectivity index (χ3n) is 4.39. The number of carbonyl (C=O) groups excluding carboxylic acids is 2. The highest BCUT2D eigenvalue weighted by atomic mass is 35.5. The summed E-state index contributed by atoms with van der Waals surface area (Å²) in [4.78, 5) is 33.9. The number of halogens is 1. The number of nitrogens with two attached hydrogens (primary N) is 1. The van der Waals surface area contributed by atoms with Crippen LogP contribution in [-0.4, -0.2) is 45.8 Å². The van der Waals surface area contributed by atoms with Crippen LogP contribution in [0.15, 0.2) is 36.7 Å². The molecule has 0 radical (unpaired) electrons. The predicted octanol–water partition coefficient (Wildman–Crippen LogP) is 1.62. The lowest BCUT2D eigenvalue weighted by Crippen LogP contribution is -2.45. The Hall–Kier alpha value is -2.51. The second-order valence-corrected chi connectivity index (χ2v) is 6.70. The molecule has 0 aliphatic carbocycles. The van der Waals surface area contributed by atoms with E-state index < -0.39 is 11.8 Å². The van der Waals surface area contributed by atoms with Gasteiger partial charge in [-0.3, -0.25) is 14.5 Å². The number of benzene rings is 1. The van der Waals surface area contributed by atoms with Crippen LogP contribution in [0.4, 0.5) is 0 Å². The highest BCUT2D eigenvalue weighted by Gasteiger charge is 2.24. The summed E-state index contributed by atoms with van der Waals surface area (Å²) in [5, 5.41) is 3.66. The number of nitrogens with zero attached hydrogens (tertiary/aromatic N) is 3. The zero-order valence-corrected chi connectivity index (χ0v) is 14.9. The molecule has 1 saturated heterocycles. The zero-order chi connectivity index (χ0) is 18.5. The first-order valence-corrected chi connectivity index (χ1v) is 8.79. The first-order valence-electron chi connectivity index (χ1n) is 8.41. The van der Waals surface area contributed by atoms with Crippen molar-refractivity contribution in [3.63, 3.8) is 0 Å².